The molecule has 0 bridgehead atoms. The molecule has 22 rings (SSSR count). The van der Waals surface area contributed by atoms with E-state index in [9.17, 15) is 55.5 Å². The number of halogens is 10. The van der Waals surface area contributed by atoms with Crippen molar-refractivity contribution in [3.05, 3.63) is 238 Å². The summed E-state index contributed by atoms with van der Waals surface area (Å²) in [6.07, 6.45) is -3.42. The van der Waals surface area contributed by atoms with Crippen LogP contribution in [-0.4, -0.2) is 196 Å². The second-order valence-electron chi connectivity index (χ2n) is 33.7. The van der Waals surface area contributed by atoms with Crippen molar-refractivity contribution in [3.8, 4) is 0 Å². The average Bonchev–Trinajstić information content (AvgIpc) is 1.57. The highest BCUT2D eigenvalue weighted by Crippen LogP contribution is 2.56. The Balaban J connectivity index is 0.000000110. The van der Waals surface area contributed by atoms with Crippen LogP contribution >= 0.6 is 23.2 Å². The molecule has 0 spiro atoms. The zero-order valence-electron chi connectivity index (χ0n) is 68.3. The highest BCUT2D eigenvalue weighted by Gasteiger charge is 2.64. The molecule has 4 N–H and O–H groups in total. The van der Waals surface area contributed by atoms with Gasteiger partial charge in [-0.05, 0) is 102 Å². The number of aliphatic hydroxyl groups is 4. The summed E-state index contributed by atoms with van der Waals surface area (Å²) in [6, 6.07) is 31.7. The molecular formula is C87H84Cl2F8N12O17. The van der Waals surface area contributed by atoms with Gasteiger partial charge in [-0.15, -0.1) is 0 Å². The summed E-state index contributed by atoms with van der Waals surface area (Å²) < 4.78 is 201. The van der Waals surface area contributed by atoms with E-state index in [1.54, 1.807) is 102 Å². The minimum absolute atomic E-state index is 0.0344. The maximum absolute atomic E-state index is 14.5. The monoisotopic (exact) mass is 1790 g/mol. The Morgan fingerprint density at radius 1 is 0.405 bits per heavy atom. The van der Waals surface area contributed by atoms with E-state index < -0.39 is 196 Å². The van der Waals surface area contributed by atoms with Crippen molar-refractivity contribution in [2.24, 2.45) is 0 Å². The second-order valence-corrected chi connectivity index (χ2v) is 34.4. The lowest BCUT2D eigenvalue weighted by atomic mass is 9.90. The van der Waals surface area contributed by atoms with E-state index in [2.05, 4.69) is 39.9 Å². The quantitative estimate of drug-likeness (QED) is 0.0690. The fourth-order valence-corrected chi connectivity index (χ4v) is 19.2. The van der Waals surface area contributed by atoms with Crippen molar-refractivity contribution in [3.63, 3.8) is 0 Å². The van der Waals surface area contributed by atoms with E-state index in [1.165, 1.54) is 79.9 Å². The Morgan fingerprint density at radius 3 is 1.17 bits per heavy atom. The number of benzene rings is 4. The fraction of sp³-hybridized carbons (Fsp3) is 0.448. The molecule has 7 fully saturated rings. The van der Waals surface area contributed by atoms with Gasteiger partial charge in [0.1, 0.15) is 182 Å². The molecule has 126 heavy (non-hydrogen) atoms. The molecule has 18 heterocycles. The van der Waals surface area contributed by atoms with Crippen LogP contribution < -0.4 is 0 Å². The van der Waals surface area contributed by atoms with Crippen LogP contribution in [-0.2, 0) is 85.3 Å². The third kappa shape index (κ3) is 15.1. The van der Waals surface area contributed by atoms with Crippen LogP contribution in [0, 0.1) is 13.8 Å². The molecule has 10 aliphatic heterocycles. The zero-order chi connectivity index (χ0) is 88.4. The van der Waals surface area contributed by atoms with Crippen molar-refractivity contribution < 1.29 is 117 Å². The van der Waals surface area contributed by atoms with Gasteiger partial charge in [0.05, 0.1) is 22.2 Å². The SMILES string of the molecule is CC1(C)O[C@H]2[C@@H](O1)[C@H](n1ccc3c(Cl)ncnc31)O[C@@H]2[C@@H]1OCC(F)(F)c2ccccc21.CC1(C)O[C@H]2[C@@H](O1)[C@H](n1ccc3c(Cl)ncnc31)O[C@@H]2[C@H](O)c1ccccc1C(F)(F)CO.Cc1ncnc2c1ccn2[C@@H]1O[C@H]([C@@H]2OCC(F)(F)c3ccccc32)[C@@H](O)[C@H]1O.Cc1ncnc2c1ccn2[C@@H]1O[C@H]([C@@H]2OCC(F)(F)c3ccccc32)[C@H]2OC(C)(C)O[C@H]21. The summed E-state index contributed by atoms with van der Waals surface area (Å²) in [5.74, 6) is -15.5. The van der Waals surface area contributed by atoms with Gasteiger partial charge in [0.15, 0.2) is 42.3 Å². The van der Waals surface area contributed by atoms with E-state index in [0.717, 1.165) is 22.2 Å². The topological polar surface area (TPSA) is 324 Å². The number of hydrogen-bond acceptors (Lipinski definition) is 25. The number of rotatable bonds is 11. The minimum Gasteiger partial charge on any atom is -0.390 e. The molecule has 0 amide bonds. The summed E-state index contributed by atoms with van der Waals surface area (Å²) in [5.41, 5.74) is 4.24. The van der Waals surface area contributed by atoms with Crippen LogP contribution in [0.4, 0.5) is 35.1 Å². The number of aliphatic hydroxyl groups excluding tert-OH is 4. The summed E-state index contributed by atoms with van der Waals surface area (Å²) in [7, 11) is 0. The van der Waals surface area contributed by atoms with E-state index in [4.69, 9.17) is 84.8 Å². The highest BCUT2D eigenvalue weighted by atomic mass is 35.5. The largest absolute Gasteiger partial charge is 0.390 e. The first-order valence-electron chi connectivity index (χ1n) is 40.6. The van der Waals surface area contributed by atoms with Gasteiger partial charge in [-0.2, -0.15) is 35.1 Å². The van der Waals surface area contributed by atoms with Crippen molar-refractivity contribution in [1.82, 2.24) is 58.1 Å². The number of aryl methyl sites for hydroxylation is 2. The second kappa shape index (κ2) is 32.1. The van der Waals surface area contributed by atoms with Crippen molar-refractivity contribution in [2.45, 2.75) is 219 Å². The third-order valence-electron chi connectivity index (χ3n) is 24.3. The highest BCUT2D eigenvalue weighted by molar-refractivity contribution is 6.34. The van der Waals surface area contributed by atoms with E-state index >= 15 is 0 Å². The van der Waals surface area contributed by atoms with E-state index in [-0.39, 0.29) is 33.0 Å². The number of hydrogen-bond donors (Lipinski definition) is 4. The van der Waals surface area contributed by atoms with Crippen LogP contribution in [0.3, 0.4) is 0 Å². The van der Waals surface area contributed by atoms with Gasteiger partial charge >= 0.3 is 0 Å². The normalized spacial score (nSPS) is 31.0. The van der Waals surface area contributed by atoms with Crippen LogP contribution in [0.2, 0.25) is 10.3 Å². The molecule has 10 aliphatic rings. The number of nitrogens with zero attached hydrogens (tertiary/aromatic N) is 12. The molecule has 0 aliphatic carbocycles. The molecule has 0 saturated carbocycles. The van der Waals surface area contributed by atoms with Crippen LogP contribution in [0.1, 0.15) is 147 Å². The number of ether oxygens (including phenoxy) is 13. The van der Waals surface area contributed by atoms with Crippen LogP contribution in [0.25, 0.3) is 44.1 Å². The molecule has 39 heteroatoms. The molecule has 7 saturated heterocycles. The Hall–Kier alpha value is -9.30. The molecule has 12 aromatic rings. The third-order valence-corrected chi connectivity index (χ3v) is 24.9. The first-order valence-corrected chi connectivity index (χ1v) is 41.3. The van der Waals surface area contributed by atoms with Crippen LogP contribution in [0.15, 0.2) is 171 Å². The zero-order valence-corrected chi connectivity index (χ0v) is 69.8. The molecule has 664 valence electrons. The van der Waals surface area contributed by atoms with Gasteiger partial charge < -0.3 is 100 Å². The van der Waals surface area contributed by atoms with Crippen LogP contribution in [0.5, 0.6) is 0 Å². The smallest absolute Gasteiger partial charge is 0.296 e. The molecule has 0 unspecified atom stereocenters. The van der Waals surface area contributed by atoms with Gasteiger partial charge in [-0.1, -0.05) is 120 Å². The summed E-state index contributed by atoms with van der Waals surface area (Å²) in [4.78, 5) is 33.7. The van der Waals surface area contributed by atoms with Crippen molar-refractivity contribution in [2.75, 3.05) is 26.4 Å². The Morgan fingerprint density at radius 2 is 0.738 bits per heavy atom. The lowest BCUT2D eigenvalue weighted by Crippen LogP contribution is -2.40. The van der Waals surface area contributed by atoms with E-state index in [1.807, 2.05) is 62.9 Å². The predicted molar refractivity (Wildman–Crippen MR) is 428 cm³/mol. The summed E-state index contributed by atoms with van der Waals surface area (Å²) in [5, 5.41) is 45.3. The average molecular weight is 1790 g/mol. The molecule has 8 aromatic heterocycles. The first kappa shape index (κ1) is 86.1. The summed E-state index contributed by atoms with van der Waals surface area (Å²) in [6.45, 7) is 10.9. The Bertz CT molecular complexity index is 5930. The number of fused-ring (bicyclic) bond motifs is 10. The Kier molecular flexibility index (Phi) is 21.9. The van der Waals surface area contributed by atoms with Crippen molar-refractivity contribution >= 4 is 67.3 Å². The fourth-order valence-electron chi connectivity index (χ4n) is 18.8. The van der Waals surface area contributed by atoms with Gasteiger partial charge in [-0.25, -0.2) is 39.9 Å². The van der Waals surface area contributed by atoms with Gasteiger partial charge in [0, 0.05) is 57.8 Å². The number of aromatic nitrogens is 12. The first-order chi connectivity index (χ1) is 60.0. The van der Waals surface area contributed by atoms with Gasteiger partial charge in [-0.3, -0.25) is 0 Å². The summed E-state index contributed by atoms with van der Waals surface area (Å²) >= 11 is 12.4. The Labute approximate surface area is 722 Å². The van der Waals surface area contributed by atoms with Gasteiger partial charge in [0.2, 0.25) is 0 Å². The molecule has 29 nitrogen and oxygen atoms in total. The molecule has 4 aromatic carbocycles. The van der Waals surface area contributed by atoms with Gasteiger partial charge in [0.25, 0.3) is 23.7 Å². The van der Waals surface area contributed by atoms with Crippen molar-refractivity contribution in [1.29, 1.82) is 0 Å². The molecule has 20 atom stereocenters. The molecular weight excluding hydrogens is 1710 g/mol. The minimum atomic E-state index is -3.54. The molecule has 0 radical (unpaired) electrons. The maximum atomic E-state index is 14.5. The lowest BCUT2D eigenvalue weighted by molar-refractivity contribution is -0.222. The standard InChI is InChI=1S/C23H23F2N3O4.C22H22ClF2N3O5.C22H20ClF2N3O4.C20H19F2N3O4/c1-12-13-8-9-28(20(13)27-11-26-12)21-19-18(31-22(2,3)32-19)17(30-21)16-14-6-4-5-7-15(14)23(24,25)10-29-16;1-21(2)32-16-15(14(30)11-5-3-4-6-13(11)22(24,25)9-29)31-20(17(16)33-21)28-8-7-12-18(23)26-10-27-19(12)28;1-21(2)31-16-15(14-11-5-3-4-6-13(11)22(24,25)9-29-14)30-20(17(16)32-21)28-8-7-12-18(23)26-10-27-19(12)28;1-10-11-6-7-25(18(11)24-9-23-10)19-15(27)14(26)17(29-19)16-12-4-2-3-5-13(12)20(21,22)8-28-16/h4-9,11,16-19,21H,10H2,1-3H3;3-8,10,14-17,20,29-30H,9H2,1-2H3;3-8,10,14-17,20H,9H2,1-2H3;2-7,9,14-17,19,26-27H,8H2,1H3/t16-,17-,18-,19-,21-;2*14-,15-,16-,17-,20-;14-,15+,16+,17-,19+/m1110/s1. The van der Waals surface area contributed by atoms with E-state index in [0.29, 0.717) is 49.6 Å². The maximum Gasteiger partial charge on any atom is 0.296 e. The predicted octanol–water partition coefficient (Wildman–Crippen LogP) is 13.9. The number of alkyl halides is 8. The lowest BCUT2D eigenvalue weighted by Gasteiger charge is -2.36.